The number of carbonyl (C=O) groups excluding carboxylic acids is 1. The largest absolute Gasteiger partial charge is 0.494 e. The molecule has 27 heavy (non-hydrogen) atoms. The minimum Gasteiger partial charge on any atom is -0.494 e. The normalized spacial score (nSPS) is 15.0. The summed E-state index contributed by atoms with van der Waals surface area (Å²) in [7, 11) is 1.42. The fraction of sp³-hybridized carbons (Fsp3) is 0.350. The van der Waals surface area contributed by atoms with Gasteiger partial charge in [-0.05, 0) is 56.9 Å². The van der Waals surface area contributed by atoms with Gasteiger partial charge in [-0.15, -0.1) is 0 Å². The molecule has 1 N–H and O–H groups in total. The van der Waals surface area contributed by atoms with E-state index in [1.54, 1.807) is 22.8 Å². The van der Waals surface area contributed by atoms with Crippen LogP contribution in [-0.2, 0) is 0 Å². The average molecular weight is 368 g/mol. The van der Waals surface area contributed by atoms with Crippen LogP contribution in [-0.4, -0.2) is 33.7 Å². The second-order valence-electron chi connectivity index (χ2n) is 7.03. The van der Waals surface area contributed by atoms with Crippen molar-refractivity contribution in [3.05, 3.63) is 47.5 Å². The molecule has 1 amide bonds. The minimum absolute atomic E-state index is 0.137. The Kier molecular flexibility index (Phi) is 4.30. The molecule has 4 rings (SSSR count). The van der Waals surface area contributed by atoms with Crippen LogP contribution in [0.15, 0.2) is 30.5 Å². The van der Waals surface area contributed by atoms with E-state index < -0.39 is 5.82 Å². The molecular formula is C20H21FN4O2. The predicted molar refractivity (Wildman–Crippen MR) is 99.3 cm³/mol. The zero-order valence-electron chi connectivity index (χ0n) is 15.5. The molecule has 3 aromatic rings. The fourth-order valence-electron chi connectivity index (χ4n) is 3.24. The molecule has 0 saturated heterocycles. The monoisotopic (exact) mass is 368 g/mol. The van der Waals surface area contributed by atoms with E-state index in [-0.39, 0.29) is 17.7 Å². The number of hydrogen-bond acceptors (Lipinski definition) is 4. The van der Waals surface area contributed by atoms with Crippen molar-refractivity contribution in [2.75, 3.05) is 7.11 Å². The maximum atomic E-state index is 13.7. The number of methoxy groups -OCH3 is 1. The molecule has 0 unspecified atom stereocenters. The number of aryl methyl sites for hydroxylation is 1. The van der Waals surface area contributed by atoms with E-state index in [0.29, 0.717) is 28.4 Å². The molecule has 0 aliphatic heterocycles. The zero-order chi connectivity index (χ0) is 19.1. The summed E-state index contributed by atoms with van der Waals surface area (Å²) in [4.78, 5) is 17.3. The highest BCUT2D eigenvalue weighted by Crippen LogP contribution is 2.32. The van der Waals surface area contributed by atoms with Crippen molar-refractivity contribution in [1.82, 2.24) is 19.9 Å². The van der Waals surface area contributed by atoms with Crippen LogP contribution in [0.25, 0.3) is 16.9 Å². The fourth-order valence-corrected chi connectivity index (χ4v) is 3.24. The SMILES string of the molecule is COc1cc(-c2cc(C)n3ncc(C(=O)N[C@@H](C)C4CC4)c3n2)ccc1F. The van der Waals surface area contributed by atoms with Crippen LogP contribution in [0.3, 0.4) is 0 Å². The number of hydrogen-bond donors (Lipinski definition) is 1. The number of fused-ring (bicyclic) bond motifs is 1. The number of nitrogens with zero attached hydrogens (tertiary/aromatic N) is 3. The maximum Gasteiger partial charge on any atom is 0.256 e. The van der Waals surface area contributed by atoms with Crippen LogP contribution in [0.2, 0.25) is 0 Å². The van der Waals surface area contributed by atoms with Crippen LogP contribution in [0, 0.1) is 18.7 Å². The maximum absolute atomic E-state index is 13.7. The van der Waals surface area contributed by atoms with Crippen molar-refractivity contribution >= 4 is 11.6 Å². The lowest BCUT2D eigenvalue weighted by molar-refractivity contribution is 0.0937. The van der Waals surface area contributed by atoms with Crippen molar-refractivity contribution in [2.45, 2.75) is 32.7 Å². The molecule has 0 bridgehead atoms. The van der Waals surface area contributed by atoms with Gasteiger partial charge in [0.15, 0.2) is 17.2 Å². The molecule has 7 heteroatoms. The molecule has 0 spiro atoms. The highest BCUT2D eigenvalue weighted by atomic mass is 19.1. The number of halogens is 1. The molecule has 1 atom stereocenters. The highest BCUT2D eigenvalue weighted by molar-refractivity contribution is 6.00. The Morgan fingerprint density at radius 1 is 1.37 bits per heavy atom. The van der Waals surface area contributed by atoms with Gasteiger partial charge < -0.3 is 10.1 Å². The summed E-state index contributed by atoms with van der Waals surface area (Å²) in [5, 5.41) is 7.34. The summed E-state index contributed by atoms with van der Waals surface area (Å²) in [5.74, 6) is 0.104. The predicted octanol–water partition coefficient (Wildman–Crippen LogP) is 3.38. The van der Waals surface area contributed by atoms with Crippen molar-refractivity contribution in [3.63, 3.8) is 0 Å². The van der Waals surface area contributed by atoms with Crippen LogP contribution >= 0.6 is 0 Å². The van der Waals surface area contributed by atoms with Crippen LogP contribution in [0.1, 0.15) is 35.8 Å². The molecule has 1 saturated carbocycles. The zero-order valence-corrected chi connectivity index (χ0v) is 15.5. The lowest BCUT2D eigenvalue weighted by Crippen LogP contribution is -2.34. The smallest absolute Gasteiger partial charge is 0.256 e. The summed E-state index contributed by atoms with van der Waals surface area (Å²) < 4.78 is 20.4. The summed E-state index contributed by atoms with van der Waals surface area (Å²) in [6.07, 6.45) is 3.85. The number of aromatic nitrogens is 3. The number of amides is 1. The van der Waals surface area contributed by atoms with Crippen molar-refractivity contribution in [3.8, 4) is 17.0 Å². The van der Waals surface area contributed by atoms with Gasteiger partial charge in [0.25, 0.3) is 5.91 Å². The van der Waals surface area contributed by atoms with E-state index in [1.165, 1.54) is 13.2 Å². The molecule has 6 nitrogen and oxygen atoms in total. The second-order valence-corrected chi connectivity index (χ2v) is 7.03. The van der Waals surface area contributed by atoms with Gasteiger partial charge in [-0.25, -0.2) is 13.9 Å². The highest BCUT2D eigenvalue weighted by Gasteiger charge is 2.30. The molecule has 2 heterocycles. The molecule has 1 aliphatic rings. The molecule has 1 aromatic carbocycles. The minimum atomic E-state index is -0.433. The lowest BCUT2D eigenvalue weighted by atomic mass is 10.1. The number of carbonyl (C=O) groups is 1. The van der Waals surface area contributed by atoms with Crippen molar-refractivity contribution in [2.24, 2.45) is 5.92 Å². The lowest BCUT2D eigenvalue weighted by Gasteiger charge is -2.12. The molecule has 2 aromatic heterocycles. The third kappa shape index (κ3) is 3.25. The van der Waals surface area contributed by atoms with Crippen molar-refractivity contribution < 1.29 is 13.9 Å². The molecule has 140 valence electrons. The third-order valence-electron chi connectivity index (χ3n) is 5.03. The topological polar surface area (TPSA) is 68.5 Å². The van der Waals surface area contributed by atoms with Gasteiger partial charge in [0.2, 0.25) is 0 Å². The average Bonchev–Trinajstić information content (AvgIpc) is 3.41. The van der Waals surface area contributed by atoms with E-state index >= 15 is 0 Å². The van der Waals surface area contributed by atoms with Gasteiger partial charge in [0.1, 0.15) is 5.56 Å². The Morgan fingerprint density at radius 2 is 2.15 bits per heavy atom. The van der Waals surface area contributed by atoms with Crippen LogP contribution in [0.4, 0.5) is 4.39 Å². The van der Waals surface area contributed by atoms with Gasteiger partial charge in [0.05, 0.1) is 19.0 Å². The first-order valence-electron chi connectivity index (χ1n) is 8.98. The van der Waals surface area contributed by atoms with E-state index in [1.807, 2.05) is 19.9 Å². The number of nitrogens with one attached hydrogen (secondary N) is 1. The van der Waals surface area contributed by atoms with Crippen LogP contribution in [0.5, 0.6) is 5.75 Å². The van der Waals surface area contributed by atoms with Crippen molar-refractivity contribution in [1.29, 1.82) is 0 Å². The first-order valence-corrected chi connectivity index (χ1v) is 8.98. The standard InChI is InChI=1S/C20H21FN4O2/c1-11-8-17(14-6-7-16(21)18(9-14)27-3)24-19-15(10-22-25(11)19)20(26)23-12(2)13-4-5-13/h6-10,12-13H,4-5H2,1-3H3,(H,23,26)/t12-/m0/s1. The van der Waals surface area contributed by atoms with E-state index in [9.17, 15) is 9.18 Å². The Hall–Kier alpha value is -2.96. The summed E-state index contributed by atoms with van der Waals surface area (Å²) >= 11 is 0. The first kappa shape index (κ1) is 17.5. The quantitative estimate of drug-likeness (QED) is 0.750. The van der Waals surface area contributed by atoms with E-state index in [0.717, 1.165) is 18.5 Å². The molecule has 0 radical (unpaired) electrons. The molecule has 1 aliphatic carbocycles. The molecule has 1 fully saturated rings. The Morgan fingerprint density at radius 3 is 2.85 bits per heavy atom. The summed E-state index contributed by atoms with van der Waals surface area (Å²) in [5.41, 5.74) is 3.07. The van der Waals surface area contributed by atoms with Gasteiger partial charge in [0, 0.05) is 17.3 Å². The van der Waals surface area contributed by atoms with Gasteiger partial charge in [-0.2, -0.15) is 5.10 Å². The van der Waals surface area contributed by atoms with Gasteiger partial charge in [-0.1, -0.05) is 0 Å². The molecular weight excluding hydrogens is 347 g/mol. The van der Waals surface area contributed by atoms with E-state index in [2.05, 4.69) is 15.4 Å². The Bertz CT molecular complexity index is 1030. The third-order valence-corrected chi connectivity index (χ3v) is 5.03. The first-order chi connectivity index (χ1) is 13.0. The summed E-state index contributed by atoms with van der Waals surface area (Å²) in [6, 6.07) is 6.57. The van der Waals surface area contributed by atoms with Gasteiger partial charge >= 0.3 is 0 Å². The second kappa shape index (κ2) is 6.64. The number of rotatable bonds is 5. The number of benzene rings is 1. The number of ether oxygens (including phenoxy) is 1. The van der Waals surface area contributed by atoms with Gasteiger partial charge in [-0.3, -0.25) is 4.79 Å². The Balaban J connectivity index is 1.74. The van der Waals surface area contributed by atoms with Crippen LogP contribution < -0.4 is 10.1 Å². The summed E-state index contributed by atoms with van der Waals surface area (Å²) in [6.45, 7) is 3.91. The van der Waals surface area contributed by atoms with E-state index in [4.69, 9.17) is 4.74 Å². The Labute approximate surface area is 156 Å².